The van der Waals surface area contributed by atoms with Crippen LogP contribution in [0.4, 0.5) is 17.6 Å². The van der Waals surface area contributed by atoms with E-state index in [2.05, 4.69) is 10.3 Å². The minimum absolute atomic E-state index is 0.232. The highest BCUT2D eigenvalue weighted by molar-refractivity contribution is 8.06. The average molecular weight is 343 g/mol. The summed E-state index contributed by atoms with van der Waals surface area (Å²) in [5, 5.41) is 5.94. The van der Waals surface area contributed by atoms with Crippen LogP contribution in [0.25, 0.3) is 0 Å². The fraction of sp³-hybridized carbons (Fsp3) is 0.636. The number of alkyl halides is 4. The first-order valence-electron chi connectivity index (χ1n) is 6.08. The third-order valence-corrected chi connectivity index (χ3v) is 4.59. The summed E-state index contributed by atoms with van der Waals surface area (Å²) in [7, 11) is -3.61. The van der Waals surface area contributed by atoms with Gasteiger partial charge in [0.05, 0.1) is 0 Å². The Hall–Kier alpha value is -1.65. The molecule has 2 rings (SSSR count). The Morgan fingerprint density at radius 1 is 1.41 bits per heavy atom. The third kappa shape index (κ3) is 2.94. The standard InChI is InChI=1S/C11H13F4N3O3S/c1-10(2)4-7(17-21-10)22(19,20)9(12)8-6(11(13,14)15)5-18(3)16-8/h5,9H,4H2,1-3H3. The summed E-state index contributed by atoms with van der Waals surface area (Å²) < 4.78 is 77.8. The van der Waals surface area contributed by atoms with Gasteiger partial charge in [0.15, 0.2) is 5.04 Å². The van der Waals surface area contributed by atoms with Crippen molar-refractivity contribution in [3.63, 3.8) is 0 Å². The molecule has 6 nitrogen and oxygen atoms in total. The lowest BCUT2D eigenvalue weighted by Crippen LogP contribution is -2.25. The molecule has 124 valence electrons. The highest BCUT2D eigenvalue weighted by atomic mass is 32.2. The molecule has 0 bridgehead atoms. The molecule has 1 atom stereocenters. The molecule has 0 fully saturated rings. The van der Waals surface area contributed by atoms with E-state index in [9.17, 15) is 26.0 Å². The van der Waals surface area contributed by atoms with Crippen molar-refractivity contribution < 1.29 is 30.8 Å². The molecular weight excluding hydrogens is 330 g/mol. The molecule has 11 heteroatoms. The van der Waals surface area contributed by atoms with Gasteiger partial charge in [-0.25, -0.2) is 12.8 Å². The summed E-state index contributed by atoms with van der Waals surface area (Å²) in [5.74, 6) is 0. The van der Waals surface area contributed by atoms with Crippen LogP contribution in [-0.2, 0) is 27.9 Å². The number of nitrogens with zero attached hydrogens (tertiary/aromatic N) is 3. The van der Waals surface area contributed by atoms with Gasteiger partial charge in [0, 0.05) is 19.7 Å². The number of rotatable bonds is 2. The van der Waals surface area contributed by atoms with Gasteiger partial charge in [0.2, 0.25) is 9.84 Å². The van der Waals surface area contributed by atoms with E-state index >= 15 is 0 Å². The summed E-state index contributed by atoms with van der Waals surface area (Å²) in [6.07, 6.45) is -4.63. The molecule has 0 N–H and O–H groups in total. The lowest BCUT2D eigenvalue weighted by atomic mass is 10.1. The highest BCUT2D eigenvalue weighted by Crippen LogP contribution is 2.38. The molecule has 1 aliphatic heterocycles. The molecular formula is C11H13F4N3O3S. The van der Waals surface area contributed by atoms with E-state index in [-0.39, 0.29) is 6.42 Å². The molecule has 0 aromatic carbocycles. The van der Waals surface area contributed by atoms with Gasteiger partial charge in [-0.1, -0.05) is 5.16 Å². The van der Waals surface area contributed by atoms with E-state index in [0.717, 1.165) is 7.05 Å². The van der Waals surface area contributed by atoms with Crippen LogP contribution in [0.3, 0.4) is 0 Å². The minimum Gasteiger partial charge on any atom is -0.389 e. The maximum Gasteiger partial charge on any atom is 0.419 e. The predicted octanol–water partition coefficient (Wildman–Crippen LogP) is 2.33. The Kier molecular flexibility index (Phi) is 3.75. The van der Waals surface area contributed by atoms with Crippen molar-refractivity contribution in [3.8, 4) is 0 Å². The minimum atomic E-state index is -4.92. The summed E-state index contributed by atoms with van der Waals surface area (Å²) in [5.41, 5.74) is -6.58. The molecule has 1 aromatic heterocycles. The van der Waals surface area contributed by atoms with E-state index in [1.807, 2.05) is 0 Å². The molecule has 0 radical (unpaired) electrons. The Morgan fingerprint density at radius 2 is 2.00 bits per heavy atom. The zero-order valence-corrected chi connectivity index (χ0v) is 12.7. The van der Waals surface area contributed by atoms with Crippen LogP contribution in [0.15, 0.2) is 11.4 Å². The molecule has 0 amide bonds. The fourth-order valence-corrected chi connectivity index (χ4v) is 3.31. The Bertz CT molecular complexity index is 721. The maximum atomic E-state index is 14.3. The van der Waals surface area contributed by atoms with Crippen LogP contribution in [-0.4, -0.2) is 28.8 Å². The number of hydrogen-bond donors (Lipinski definition) is 0. The van der Waals surface area contributed by atoms with Crippen LogP contribution >= 0.6 is 0 Å². The van der Waals surface area contributed by atoms with Gasteiger partial charge < -0.3 is 4.84 Å². The average Bonchev–Trinajstić information content (AvgIpc) is 2.90. The number of sulfone groups is 1. The van der Waals surface area contributed by atoms with Crippen molar-refractivity contribution in [1.29, 1.82) is 0 Å². The number of halogens is 4. The molecule has 0 aliphatic carbocycles. The number of hydrogen-bond acceptors (Lipinski definition) is 5. The monoisotopic (exact) mass is 343 g/mol. The number of oxime groups is 1. The Morgan fingerprint density at radius 3 is 2.45 bits per heavy atom. The topological polar surface area (TPSA) is 73.5 Å². The quantitative estimate of drug-likeness (QED) is 0.773. The van der Waals surface area contributed by atoms with Crippen molar-refractivity contribution >= 4 is 14.9 Å². The summed E-state index contributed by atoms with van der Waals surface area (Å²) in [6.45, 7) is 3.04. The Labute approximate surface area is 123 Å². The van der Waals surface area contributed by atoms with Crippen LogP contribution < -0.4 is 0 Å². The van der Waals surface area contributed by atoms with Gasteiger partial charge in [-0.2, -0.15) is 18.3 Å². The van der Waals surface area contributed by atoms with Gasteiger partial charge in [0.1, 0.15) is 16.9 Å². The Balaban J connectivity index is 2.43. The van der Waals surface area contributed by atoms with E-state index in [1.165, 1.54) is 13.8 Å². The van der Waals surface area contributed by atoms with Crippen LogP contribution in [0, 0.1) is 0 Å². The molecule has 2 heterocycles. The zero-order valence-electron chi connectivity index (χ0n) is 11.8. The maximum absolute atomic E-state index is 14.3. The van der Waals surface area contributed by atoms with Gasteiger partial charge in [-0.05, 0) is 13.8 Å². The van der Waals surface area contributed by atoms with E-state index in [0.29, 0.717) is 10.9 Å². The van der Waals surface area contributed by atoms with Gasteiger partial charge in [-0.15, -0.1) is 0 Å². The third-order valence-electron chi connectivity index (χ3n) is 2.95. The molecule has 0 spiro atoms. The molecule has 22 heavy (non-hydrogen) atoms. The van der Waals surface area contributed by atoms with E-state index in [1.54, 1.807) is 0 Å². The second-order valence-corrected chi connectivity index (χ2v) is 7.45. The SMILES string of the molecule is Cn1cc(C(F)(F)F)c(C(F)S(=O)(=O)C2=NOC(C)(C)C2)n1. The second kappa shape index (κ2) is 4.93. The summed E-state index contributed by atoms with van der Waals surface area (Å²) >= 11 is 0. The van der Waals surface area contributed by atoms with Crippen molar-refractivity contribution in [3.05, 3.63) is 17.5 Å². The van der Waals surface area contributed by atoms with Crippen molar-refractivity contribution in [2.75, 3.05) is 0 Å². The molecule has 1 aromatic rings. The number of aryl methyl sites for hydroxylation is 1. The summed E-state index contributed by atoms with van der Waals surface area (Å²) in [4.78, 5) is 4.82. The van der Waals surface area contributed by atoms with Gasteiger partial charge >= 0.3 is 6.18 Å². The second-order valence-electron chi connectivity index (χ2n) is 5.47. The molecule has 1 unspecified atom stereocenters. The number of aromatic nitrogens is 2. The van der Waals surface area contributed by atoms with Gasteiger partial charge in [0.25, 0.3) is 5.50 Å². The predicted molar refractivity (Wildman–Crippen MR) is 68.2 cm³/mol. The van der Waals surface area contributed by atoms with Crippen LogP contribution in [0.5, 0.6) is 0 Å². The molecule has 0 saturated carbocycles. The van der Waals surface area contributed by atoms with E-state index < -0.39 is 43.4 Å². The van der Waals surface area contributed by atoms with Crippen molar-refractivity contribution in [2.45, 2.75) is 37.5 Å². The highest BCUT2D eigenvalue weighted by Gasteiger charge is 2.46. The smallest absolute Gasteiger partial charge is 0.389 e. The lowest BCUT2D eigenvalue weighted by Gasteiger charge is -2.14. The summed E-state index contributed by atoms with van der Waals surface area (Å²) in [6, 6.07) is 0. The largest absolute Gasteiger partial charge is 0.419 e. The first kappa shape index (κ1) is 16.7. The first-order chi connectivity index (χ1) is 9.84. The lowest BCUT2D eigenvalue weighted by molar-refractivity contribution is -0.138. The van der Waals surface area contributed by atoms with E-state index in [4.69, 9.17) is 4.84 Å². The van der Waals surface area contributed by atoms with Crippen LogP contribution in [0.2, 0.25) is 0 Å². The van der Waals surface area contributed by atoms with Gasteiger partial charge in [-0.3, -0.25) is 4.68 Å². The van der Waals surface area contributed by atoms with Crippen LogP contribution in [0.1, 0.15) is 37.0 Å². The first-order valence-corrected chi connectivity index (χ1v) is 7.63. The van der Waals surface area contributed by atoms with Crippen molar-refractivity contribution in [2.24, 2.45) is 12.2 Å². The zero-order chi connectivity index (χ0) is 16.9. The van der Waals surface area contributed by atoms with Crippen molar-refractivity contribution in [1.82, 2.24) is 9.78 Å². The molecule has 1 aliphatic rings. The molecule has 0 saturated heterocycles. The fourth-order valence-electron chi connectivity index (χ4n) is 1.91. The normalized spacial score (nSPS) is 19.7.